The SMILES string of the molecule is CCNC(=O)NC(=O)[C@H](OC(=O)Cc1ccccc1[N+](=O)[O-])c1ccccc1. The molecule has 9 nitrogen and oxygen atoms in total. The maximum atomic E-state index is 12.4. The zero-order valence-electron chi connectivity index (χ0n) is 15.1. The molecule has 146 valence electrons. The van der Waals surface area contributed by atoms with Crippen LogP contribution in [0.5, 0.6) is 0 Å². The van der Waals surface area contributed by atoms with Gasteiger partial charge in [0.05, 0.1) is 11.3 Å². The molecule has 2 aromatic carbocycles. The Morgan fingerprint density at radius 1 is 1.07 bits per heavy atom. The Morgan fingerprint density at radius 2 is 1.71 bits per heavy atom. The number of nitro benzene ring substituents is 1. The number of hydrogen-bond donors (Lipinski definition) is 2. The summed E-state index contributed by atoms with van der Waals surface area (Å²) < 4.78 is 5.26. The van der Waals surface area contributed by atoms with Crippen LogP contribution in [0.3, 0.4) is 0 Å². The highest BCUT2D eigenvalue weighted by molar-refractivity contribution is 5.97. The summed E-state index contributed by atoms with van der Waals surface area (Å²) in [6.45, 7) is 2.00. The van der Waals surface area contributed by atoms with E-state index in [-0.39, 0.29) is 11.3 Å². The number of carbonyl (C=O) groups excluding carboxylic acids is 3. The Balaban J connectivity index is 2.18. The molecule has 0 heterocycles. The Bertz CT molecular complexity index is 869. The molecule has 9 heteroatoms. The Morgan fingerprint density at radius 3 is 2.36 bits per heavy atom. The number of nitrogens with one attached hydrogen (secondary N) is 2. The zero-order chi connectivity index (χ0) is 20.5. The van der Waals surface area contributed by atoms with Gasteiger partial charge in [-0.25, -0.2) is 4.79 Å². The van der Waals surface area contributed by atoms with E-state index in [0.717, 1.165) is 0 Å². The van der Waals surface area contributed by atoms with E-state index in [4.69, 9.17) is 4.74 Å². The number of nitro groups is 1. The minimum Gasteiger partial charge on any atom is -0.447 e. The van der Waals surface area contributed by atoms with E-state index >= 15 is 0 Å². The maximum absolute atomic E-state index is 12.4. The van der Waals surface area contributed by atoms with Crippen LogP contribution < -0.4 is 10.6 Å². The molecule has 0 aliphatic heterocycles. The van der Waals surface area contributed by atoms with Crippen molar-refractivity contribution in [3.8, 4) is 0 Å². The van der Waals surface area contributed by atoms with Gasteiger partial charge in [0, 0.05) is 23.7 Å². The van der Waals surface area contributed by atoms with Crippen molar-refractivity contribution in [2.45, 2.75) is 19.4 Å². The first-order valence-corrected chi connectivity index (χ1v) is 8.47. The van der Waals surface area contributed by atoms with Gasteiger partial charge in [0.2, 0.25) is 6.10 Å². The summed E-state index contributed by atoms with van der Waals surface area (Å²) in [5, 5.41) is 15.6. The van der Waals surface area contributed by atoms with Crippen LogP contribution in [0.4, 0.5) is 10.5 Å². The summed E-state index contributed by atoms with van der Waals surface area (Å²) in [6, 6.07) is 13.2. The lowest BCUT2D eigenvalue weighted by molar-refractivity contribution is -0.385. The van der Waals surface area contributed by atoms with Gasteiger partial charge in [-0.1, -0.05) is 48.5 Å². The van der Waals surface area contributed by atoms with Crippen molar-refractivity contribution in [2.24, 2.45) is 0 Å². The quantitative estimate of drug-likeness (QED) is 0.427. The predicted molar refractivity (Wildman–Crippen MR) is 99.3 cm³/mol. The lowest BCUT2D eigenvalue weighted by atomic mass is 10.1. The molecule has 0 aromatic heterocycles. The minimum absolute atomic E-state index is 0.161. The lowest BCUT2D eigenvalue weighted by Crippen LogP contribution is -2.42. The van der Waals surface area contributed by atoms with Crippen LogP contribution in [0, 0.1) is 10.1 Å². The second-order valence-corrected chi connectivity index (χ2v) is 5.69. The fraction of sp³-hybridized carbons (Fsp3) is 0.211. The molecular formula is C19H19N3O6. The molecule has 0 radical (unpaired) electrons. The number of carbonyl (C=O) groups is 3. The number of ether oxygens (including phenoxy) is 1. The molecule has 0 saturated heterocycles. The molecule has 0 aliphatic rings. The third-order valence-electron chi connectivity index (χ3n) is 3.69. The van der Waals surface area contributed by atoms with E-state index in [1.807, 2.05) is 0 Å². The normalized spacial score (nSPS) is 11.2. The number of para-hydroxylation sites is 1. The highest BCUT2D eigenvalue weighted by atomic mass is 16.6. The first-order chi connectivity index (χ1) is 13.4. The molecule has 0 bridgehead atoms. The summed E-state index contributed by atoms with van der Waals surface area (Å²) in [5.74, 6) is -1.66. The average Bonchev–Trinajstić information content (AvgIpc) is 2.67. The lowest BCUT2D eigenvalue weighted by Gasteiger charge is -2.17. The number of hydrogen-bond acceptors (Lipinski definition) is 6. The van der Waals surface area contributed by atoms with Gasteiger partial charge in [-0.05, 0) is 6.92 Å². The molecule has 0 unspecified atom stereocenters. The van der Waals surface area contributed by atoms with Crippen molar-refractivity contribution >= 4 is 23.6 Å². The van der Waals surface area contributed by atoms with E-state index in [9.17, 15) is 24.5 Å². The van der Waals surface area contributed by atoms with Crippen LogP contribution in [0.15, 0.2) is 54.6 Å². The molecule has 0 aliphatic carbocycles. The highest BCUT2D eigenvalue weighted by Gasteiger charge is 2.27. The third-order valence-corrected chi connectivity index (χ3v) is 3.69. The molecule has 0 spiro atoms. The summed E-state index contributed by atoms with van der Waals surface area (Å²) in [4.78, 5) is 46.9. The minimum atomic E-state index is -1.38. The van der Waals surface area contributed by atoms with Crippen LogP contribution in [0.1, 0.15) is 24.2 Å². The monoisotopic (exact) mass is 385 g/mol. The third kappa shape index (κ3) is 5.63. The molecule has 0 saturated carbocycles. The fourth-order valence-electron chi connectivity index (χ4n) is 2.45. The Hall–Kier alpha value is -3.75. The Kier molecular flexibility index (Phi) is 7.21. The molecule has 28 heavy (non-hydrogen) atoms. The van der Waals surface area contributed by atoms with Gasteiger partial charge in [-0.2, -0.15) is 0 Å². The van der Waals surface area contributed by atoms with Gasteiger partial charge in [-0.15, -0.1) is 0 Å². The van der Waals surface area contributed by atoms with E-state index in [1.165, 1.54) is 18.2 Å². The van der Waals surface area contributed by atoms with Gasteiger partial charge in [-0.3, -0.25) is 25.0 Å². The largest absolute Gasteiger partial charge is 0.447 e. The van der Waals surface area contributed by atoms with Crippen molar-refractivity contribution in [1.82, 2.24) is 10.6 Å². The first-order valence-electron chi connectivity index (χ1n) is 8.47. The number of urea groups is 1. The molecule has 2 N–H and O–H groups in total. The number of rotatable bonds is 7. The summed E-state index contributed by atoms with van der Waals surface area (Å²) in [5.41, 5.74) is 0.302. The summed E-state index contributed by atoms with van der Waals surface area (Å²) >= 11 is 0. The second kappa shape index (κ2) is 9.81. The standard InChI is InChI=1S/C19H19N3O6/c1-2-20-19(25)21-18(24)17(13-8-4-3-5-9-13)28-16(23)12-14-10-6-7-11-15(14)22(26)27/h3-11,17H,2,12H2,1H3,(H2,20,21,24,25)/t17-/m1/s1. The van der Waals surface area contributed by atoms with Gasteiger partial charge in [0.25, 0.3) is 11.6 Å². The van der Waals surface area contributed by atoms with E-state index in [1.54, 1.807) is 43.3 Å². The van der Waals surface area contributed by atoms with Gasteiger partial charge < -0.3 is 10.1 Å². The average molecular weight is 385 g/mol. The maximum Gasteiger partial charge on any atom is 0.321 e. The molecule has 0 fully saturated rings. The molecule has 2 aromatic rings. The first kappa shape index (κ1) is 20.6. The highest BCUT2D eigenvalue weighted by Crippen LogP contribution is 2.22. The van der Waals surface area contributed by atoms with Crippen LogP contribution in [-0.2, 0) is 20.7 Å². The fourth-order valence-corrected chi connectivity index (χ4v) is 2.45. The number of benzene rings is 2. The van der Waals surface area contributed by atoms with E-state index in [2.05, 4.69) is 10.6 Å². The van der Waals surface area contributed by atoms with Crippen LogP contribution in [0.2, 0.25) is 0 Å². The number of esters is 1. The number of nitrogens with zero attached hydrogens (tertiary/aromatic N) is 1. The van der Waals surface area contributed by atoms with Gasteiger partial charge in [0.15, 0.2) is 0 Å². The van der Waals surface area contributed by atoms with Crippen molar-refractivity contribution in [2.75, 3.05) is 6.54 Å². The molecule has 2 rings (SSSR count). The van der Waals surface area contributed by atoms with Crippen molar-refractivity contribution < 1.29 is 24.0 Å². The summed E-state index contributed by atoms with van der Waals surface area (Å²) in [7, 11) is 0. The van der Waals surface area contributed by atoms with Crippen LogP contribution in [0.25, 0.3) is 0 Å². The molecule has 3 amide bonds. The number of imide groups is 1. The van der Waals surface area contributed by atoms with Crippen LogP contribution >= 0.6 is 0 Å². The van der Waals surface area contributed by atoms with Gasteiger partial charge >= 0.3 is 12.0 Å². The summed E-state index contributed by atoms with van der Waals surface area (Å²) in [6.07, 6.45) is -1.77. The molecule has 1 atom stereocenters. The zero-order valence-corrected chi connectivity index (χ0v) is 15.1. The smallest absolute Gasteiger partial charge is 0.321 e. The topological polar surface area (TPSA) is 128 Å². The van der Waals surface area contributed by atoms with E-state index < -0.39 is 35.4 Å². The predicted octanol–water partition coefficient (Wildman–Crippen LogP) is 2.27. The second-order valence-electron chi connectivity index (χ2n) is 5.69. The molecular weight excluding hydrogens is 366 g/mol. The van der Waals surface area contributed by atoms with Crippen molar-refractivity contribution in [3.63, 3.8) is 0 Å². The van der Waals surface area contributed by atoms with Gasteiger partial charge in [0.1, 0.15) is 0 Å². The number of amides is 3. The van der Waals surface area contributed by atoms with Crippen LogP contribution in [-0.4, -0.2) is 29.4 Å². The van der Waals surface area contributed by atoms with Crippen molar-refractivity contribution in [1.29, 1.82) is 0 Å². The van der Waals surface area contributed by atoms with Crippen molar-refractivity contribution in [3.05, 3.63) is 75.8 Å². The Labute approximate surface area is 160 Å². The van der Waals surface area contributed by atoms with E-state index in [0.29, 0.717) is 12.1 Å².